The molecule has 2 aromatic rings. The van der Waals surface area contributed by atoms with Gasteiger partial charge in [0.2, 0.25) is 0 Å². The van der Waals surface area contributed by atoms with Crippen molar-refractivity contribution in [1.82, 2.24) is 10.4 Å². The van der Waals surface area contributed by atoms with E-state index in [2.05, 4.69) is 10.4 Å². The summed E-state index contributed by atoms with van der Waals surface area (Å²) in [6, 6.07) is 8.62. The first kappa shape index (κ1) is 14.0. The molecule has 1 unspecified atom stereocenters. The van der Waals surface area contributed by atoms with E-state index in [9.17, 15) is 4.39 Å². The normalized spacial score (nSPS) is 12.4. The van der Waals surface area contributed by atoms with Gasteiger partial charge >= 0.3 is 0 Å². The summed E-state index contributed by atoms with van der Waals surface area (Å²) in [7, 11) is 0. The van der Waals surface area contributed by atoms with Crippen LogP contribution in [0.15, 0.2) is 47.6 Å². The smallest absolute Gasteiger partial charge is 0.136 e. The topological polar surface area (TPSA) is 50.9 Å². The van der Waals surface area contributed by atoms with E-state index in [-0.39, 0.29) is 11.9 Å². The van der Waals surface area contributed by atoms with E-state index in [1.165, 1.54) is 17.8 Å². The van der Waals surface area contributed by atoms with Crippen LogP contribution in [0.5, 0.6) is 0 Å². The molecule has 0 bridgehead atoms. The van der Waals surface area contributed by atoms with Gasteiger partial charge in [0.15, 0.2) is 0 Å². The molecule has 0 saturated heterocycles. The van der Waals surface area contributed by atoms with E-state index in [0.717, 1.165) is 11.1 Å². The van der Waals surface area contributed by atoms with E-state index < -0.39 is 0 Å². The molecule has 5 heteroatoms. The van der Waals surface area contributed by atoms with Crippen molar-refractivity contribution in [2.75, 3.05) is 5.75 Å². The third kappa shape index (κ3) is 3.53. The average Bonchev–Trinajstić information content (AvgIpc) is 2.43. The van der Waals surface area contributed by atoms with Crippen LogP contribution in [-0.4, -0.2) is 10.7 Å². The van der Waals surface area contributed by atoms with Crippen LogP contribution in [0.2, 0.25) is 0 Å². The number of aryl methyl sites for hydroxylation is 1. The fourth-order valence-corrected chi connectivity index (χ4v) is 2.81. The van der Waals surface area contributed by atoms with Crippen molar-refractivity contribution in [2.45, 2.75) is 17.9 Å². The number of hydrogen-bond acceptors (Lipinski definition) is 4. The molecule has 0 fully saturated rings. The van der Waals surface area contributed by atoms with E-state index >= 15 is 0 Å². The van der Waals surface area contributed by atoms with E-state index in [1.54, 1.807) is 24.5 Å². The van der Waals surface area contributed by atoms with Gasteiger partial charge in [-0.25, -0.2) is 4.39 Å². The maximum Gasteiger partial charge on any atom is 0.136 e. The maximum absolute atomic E-state index is 13.5. The minimum Gasteiger partial charge on any atom is -0.271 e. The molecule has 2 rings (SSSR count). The van der Waals surface area contributed by atoms with Crippen LogP contribution in [0.4, 0.5) is 4.39 Å². The monoisotopic (exact) mass is 277 g/mol. The summed E-state index contributed by atoms with van der Waals surface area (Å²) >= 11 is 1.44. The van der Waals surface area contributed by atoms with E-state index in [0.29, 0.717) is 10.6 Å². The van der Waals surface area contributed by atoms with Crippen LogP contribution >= 0.6 is 11.8 Å². The van der Waals surface area contributed by atoms with Gasteiger partial charge in [0.1, 0.15) is 5.82 Å². The molecule has 0 spiro atoms. The Morgan fingerprint density at radius 2 is 2.16 bits per heavy atom. The number of nitrogens with two attached hydrogens (primary N) is 1. The first-order valence-electron chi connectivity index (χ1n) is 5.96. The second kappa shape index (κ2) is 6.65. The van der Waals surface area contributed by atoms with Crippen LogP contribution in [0.1, 0.15) is 17.2 Å². The van der Waals surface area contributed by atoms with Crippen LogP contribution in [-0.2, 0) is 0 Å². The predicted octanol–water partition coefficient (Wildman–Crippen LogP) is 2.83. The van der Waals surface area contributed by atoms with Crippen LogP contribution in [0.25, 0.3) is 0 Å². The van der Waals surface area contributed by atoms with Gasteiger partial charge < -0.3 is 0 Å². The molecule has 3 N–H and O–H groups in total. The highest BCUT2D eigenvalue weighted by atomic mass is 32.2. The van der Waals surface area contributed by atoms with Crippen LogP contribution in [0, 0.1) is 12.7 Å². The summed E-state index contributed by atoms with van der Waals surface area (Å²) in [5.41, 5.74) is 4.92. The van der Waals surface area contributed by atoms with Gasteiger partial charge in [-0.1, -0.05) is 12.1 Å². The molecule has 3 nitrogen and oxygen atoms in total. The Hall–Kier alpha value is -1.43. The summed E-state index contributed by atoms with van der Waals surface area (Å²) in [5, 5.41) is 0. The van der Waals surface area contributed by atoms with Gasteiger partial charge in [-0.15, -0.1) is 11.8 Å². The Labute approximate surface area is 116 Å². The highest BCUT2D eigenvalue weighted by molar-refractivity contribution is 7.99. The van der Waals surface area contributed by atoms with Crippen molar-refractivity contribution in [3.63, 3.8) is 0 Å². The number of nitrogens with zero attached hydrogens (tertiary/aromatic N) is 1. The number of benzene rings is 1. The number of halogens is 1. The highest BCUT2D eigenvalue weighted by Gasteiger charge is 2.13. The van der Waals surface area contributed by atoms with Gasteiger partial charge in [-0.3, -0.25) is 16.3 Å². The average molecular weight is 277 g/mol. The molecule has 100 valence electrons. The molecule has 19 heavy (non-hydrogen) atoms. The van der Waals surface area contributed by atoms with Crippen LogP contribution < -0.4 is 11.3 Å². The Balaban J connectivity index is 2.09. The van der Waals surface area contributed by atoms with Crippen molar-refractivity contribution in [3.8, 4) is 0 Å². The molecule has 0 radical (unpaired) electrons. The molecule has 1 aromatic carbocycles. The number of hydrazine groups is 1. The standard InChI is InChI=1S/C14H16FN3S/c1-10-6-7-17-8-11(10)13(18-16)9-19-14-5-3-2-4-12(14)15/h2-8,13,18H,9,16H2,1H3. The van der Waals surface area contributed by atoms with Gasteiger partial charge in [0, 0.05) is 23.0 Å². The lowest BCUT2D eigenvalue weighted by Crippen LogP contribution is -2.30. The zero-order chi connectivity index (χ0) is 13.7. The molecule has 0 amide bonds. The van der Waals surface area contributed by atoms with E-state index in [1.807, 2.05) is 19.1 Å². The molecule has 0 aliphatic rings. The fourth-order valence-electron chi connectivity index (χ4n) is 1.80. The number of thioether (sulfide) groups is 1. The largest absolute Gasteiger partial charge is 0.271 e. The third-order valence-electron chi connectivity index (χ3n) is 2.90. The highest BCUT2D eigenvalue weighted by Crippen LogP contribution is 2.27. The van der Waals surface area contributed by atoms with Crippen molar-refractivity contribution in [3.05, 3.63) is 59.7 Å². The number of nitrogens with one attached hydrogen (secondary N) is 1. The zero-order valence-electron chi connectivity index (χ0n) is 10.6. The summed E-state index contributed by atoms with van der Waals surface area (Å²) in [5.74, 6) is 6.03. The summed E-state index contributed by atoms with van der Waals surface area (Å²) in [6.45, 7) is 2.01. The fraction of sp³-hybridized carbons (Fsp3) is 0.214. The minimum atomic E-state index is -0.203. The second-order valence-electron chi connectivity index (χ2n) is 4.19. The molecular weight excluding hydrogens is 261 g/mol. The molecule has 1 aromatic heterocycles. The Bertz CT molecular complexity index is 548. The lowest BCUT2D eigenvalue weighted by Gasteiger charge is -2.17. The van der Waals surface area contributed by atoms with E-state index in [4.69, 9.17) is 5.84 Å². The zero-order valence-corrected chi connectivity index (χ0v) is 11.5. The Morgan fingerprint density at radius 3 is 2.84 bits per heavy atom. The van der Waals surface area contributed by atoms with Gasteiger partial charge in [-0.05, 0) is 36.2 Å². The van der Waals surface area contributed by atoms with Crippen molar-refractivity contribution in [1.29, 1.82) is 0 Å². The van der Waals surface area contributed by atoms with Gasteiger partial charge in [0.25, 0.3) is 0 Å². The third-order valence-corrected chi connectivity index (χ3v) is 4.04. The first-order chi connectivity index (χ1) is 9.22. The quantitative estimate of drug-likeness (QED) is 0.501. The van der Waals surface area contributed by atoms with Gasteiger partial charge in [0.05, 0.1) is 6.04 Å². The number of aromatic nitrogens is 1. The van der Waals surface area contributed by atoms with Gasteiger partial charge in [-0.2, -0.15) is 0 Å². The maximum atomic E-state index is 13.5. The molecular formula is C14H16FN3S. The van der Waals surface area contributed by atoms with Crippen LogP contribution in [0.3, 0.4) is 0 Å². The first-order valence-corrected chi connectivity index (χ1v) is 6.95. The molecule has 0 aliphatic carbocycles. The Morgan fingerprint density at radius 1 is 1.37 bits per heavy atom. The summed E-state index contributed by atoms with van der Waals surface area (Å²) in [4.78, 5) is 4.74. The minimum absolute atomic E-state index is 0.0571. The molecule has 0 saturated carbocycles. The summed E-state index contributed by atoms with van der Waals surface area (Å²) < 4.78 is 13.5. The van der Waals surface area contributed by atoms with Crippen molar-refractivity contribution >= 4 is 11.8 Å². The SMILES string of the molecule is Cc1ccncc1C(CSc1ccccc1F)NN. The number of rotatable bonds is 5. The van der Waals surface area contributed by atoms with Crippen molar-refractivity contribution < 1.29 is 4.39 Å². The second-order valence-corrected chi connectivity index (χ2v) is 5.25. The number of pyridine rings is 1. The number of hydrogen-bond donors (Lipinski definition) is 2. The predicted molar refractivity (Wildman–Crippen MR) is 76.2 cm³/mol. The summed E-state index contributed by atoms with van der Waals surface area (Å²) in [6.07, 6.45) is 3.54. The lowest BCUT2D eigenvalue weighted by atomic mass is 10.1. The molecule has 0 aliphatic heterocycles. The van der Waals surface area contributed by atoms with Crippen molar-refractivity contribution in [2.24, 2.45) is 5.84 Å². The lowest BCUT2D eigenvalue weighted by molar-refractivity contribution is 0.595. The molecule has 1 atom stereocenters. The molecule has 1 heterocycles. The Kier molecular flexibility index (Phi) is 4.90.